The molecule has 7 heteroatoms. The number of amides is 1. The number of nitrogens with zero attached hydrogens (tertiary/aromatic N) is 4. The Morgan fingerprint density at radius 2 is 2.45 bits per heavy atom. The molecule has 1 N–H and O–H groups in total. The van der Waals surface area contributed by atoms with Crippen molar-refractivity contribution < 1.29 is 9.32 Å². The van der Waals surface area contributed by atoms with Gasteiger partial charge in [0.1, 0.15) is 12.1 Å². The standard InChI is InChI=1S/C13H17N5O2/c1-2-17-6-7-18(13(19)10-3-8-20-16-10)9-11(17)12-14-4-5-15-12/h3-5,8,11H,2,6-7,9H2,1H3,(H,14,15)/t11-/m1/s1. The van der Waals surface area contributed by atoms with Crippen LogP contribution in [0, 0.1) is 0 Å². The molecule has 1 aliphatic rings. The molecule has 1 amide bonds. The zero-order chi connectivity index (χ0) is 13.9. The van der Waals surface area contributed by atoms with Crippen molar-refractivity contribution in [2.45, 2.75) is 13.0 Å². The summed E-state index contributed by atoms with van der Waals surface area (Å²) in [6, 6.07) is 1.69. The van der Waals surface area contributed by atoms with Gasteiger partial charge in [-0.25, -0.2) is 4.98 Å². The van der Waals surface area contributed by atoms with E-state index in [0.717, 1.165) is 18.9 Å². The van der Waals surface area contributed by atoms with Crippen LogP contribution in [0.3, 0.4) is 0 Å². The fourth-order valence-electron chi connectivity index (χ4n) is 2.59. The van der Waals surface area contributed by atoms with Crippen LogP contribution in [0.15, 0.2) is 29.2 Å². The molecule has 1 atom stereocenters. The van der Waals surface area contributed by atoms with Gasteiger partial charge < -0.3 is 14.4 Å². The molecule has 0 unspecified atom stereocenters. The molecule has 1 aliphatic heterocycles. The Hall–Kier alpha value is -2.15. The molecule has 0 radical (unpaired) electrons. The smallest absolute Gasteiger partial charge is 0.276 e. The maximum Gasteiger partial charge on any atom is 0.276 e. The number of rotatable bonds is 3. The van der Waals surface area contributed by atoms with Gasteiger partial charge >= 0.3 is 0 Å². The Morgan fingerprint density at radius 3 is 3.10 bits per heavy atom. The molecule has 0 spiro atoms. The number of likely N-dealkylation sites (N-methyl/N-ethyl adjacent to an activating group) is 1. The molecule has 3 rings (SSSR count). The third-order valence-corrected chi connectivity index (χ3v) is 3.68. The SMILES string of the molecule is CCN1CCN(C(=O)c2ccon2)C[C@@H]1c1ncc[nH]1. The Balaban J connectivity index is 1.78. The lowest BCUT2D eigenvalue weighted by atomic mass is 10.1. The first-order valence-corrected chi connectivity index (χ1v) is 6.72. The van der Waals surface area contributed by atoms with Crippen LogP contribution in [-0.4, -0.2) is 57.0 Å². The van der Waals surface area contributed by atoms with E-state index in [9.17, 15) is 4.79 Å². The highest BCUT2D eigenvalue weighted by atomic mass is 16.5. The summed E-state index contributed by atoms with van der Waals surface area (Å²) in [5.41, 5.74) is 0.355. The second kappa shape index (κ2) is 5.46. The zero-order valence-electron chi connectivity index (χ0n) is 11.3. The normalized spacial score (nSPS) is 20.2. The minimum Gasteiger partial charge on any atom is -0.364 e. The lowest BCUT2D eigenvalue weighted by Gasteiger charge is -2.39. The summed E-state index contributed by atoms with van der Waals surface area (Å²) < 4.78 is 4.74. The van der Waals surface area contributed by atoms with E-state index in [0.29, 0.717) is 18.8 Å². The van der Waals surface area contributed by atoms with E-state index >= 15 is 0 Å². The predicted molar refractivity (Wildman–Crippen MR) is 71.0 cm³/mol. The molecule has 3 heterocycles. The highest BCUT2D eigenvalue weighted by Crippen LogP contribution is 2.23. The average Bonchev–Trinajstić information content (AvgIpc) is 3.18. The predicted octanol–water partition coefficient (Wildman–Crippen LogP) is 0.917. The van der Waals surface area contributed by atoms with Crippen LogP contribution in [0.4, 0.5) is 0 Å². The van der Waals surface area contributed by atoms with E-state index in [-0.39, 0.29) is 11.9 Å². The van der Waals surface area contributed by atoms with Crippen LogP contribution < -0.4 is 0 Å². The number of imidazole rings is 1. The maximum absolute atomic E-state index is 12.3. The van der Waals surface area contributed by atoms with Crippen molar-refractivity contribution in [3.63, 3.8) is 0 Å². The molecular formula is C13H17N5O2. The molecule has 106 valence electrons. The van der Waals surface area contributed by atoms with E-state index in [1.807, 2.05) is 6.20 Å². The molecule has 2 aromatic heterocycles. The molecule has 1 saturated heterocycles. The number of carbonyl (C=O) groups is 1. The molecular weight excluding hydrogens is 258 g/mol. The van der Waals surface area contributed by atoms with Crippen molar-refractivity contribution in [3.8, 4) is 0 Å². The van der Waals surface area contributed by atoms with E-state index in [2.05, 4.69) is 26.9 Å². The lowest BCUT2D eigenvalue weighted by Crippen LogP contribution is -2.50. The summed E-state index contributed by atoms with van der Waals surface area (Å²) in [7, 11) is 0. The second-order valence-electron chi connectivity index (χ2n) is 4.75. The maximum atomic E-state index is 12.3. The topological polar surface area (TPSA) is 78.3 Å². The van der Waals surface area contributed by atoms with Crippen molar-refractivity contribution in [2.75, 3.05) is 26.2 Å². The van der Waals surface area contributed by atoms with E-state index in [1.165, 1.54) is 6.26 Å². The zero-order valence-corrected chi connectivity index (χ0v) is 11.3. The second-order valence-corrected chi connectivity index (χ2v) is 4.75. The summed E-state index contributed by atoms with van der Waals surface area (Å²) in [4.78, 5) is 23.9. The van der Waals surface area contributed by atoms with Crippen molar-refractivity contribution in [1.29, 1.82) is 0 Å². The molecule has 20 heavy (non-hydrogen) atoms. The van der Waals surface area contributed by atoms with E-state index < -0.39 is 0 Å². The van der Waals surface area contributed by atoms with Gasteiger partial charge in [0, 0.05) is 38.1 Å². The first-order chi connectivity index (χ1) is 9.79. The van der Waals surface area contributed by atoms with Gasteiger partial charge in [-0.05, 0) is 6.54 Å². The van der Waals surface area contributed by atoms with Gasteiger partial charge in [0.25, 0.3) is 5.91 Å². The first kappa shape index (κ1) is 12.9. The average molecular weight is 275 g/mol. The number of aromatic nitrogens is 3. The van der Waals surface area contributed by atoms with Gasteiger partial charge in [0.05, 0.1) is 6.04 Å². The van der Waals surface area contributed by atoms with Crippen molar-refractivity contribution in [3.05, 3.63) is 36.2 Å². The third-order valence-electron chi connectivity index (χ3n) is 3.68. The van der Waals surface area contributed by atoms with E-state index in [1.54, 1.807) is 17.2 Å². The van der Waals surface area contributed by atoms with Crippen LogP contribution in [0.5, 0.6) is 0 Å². The number of hydrogen-bond donors (Lipinski definition) is 1. The minimum absolute atomic E-state index is 0.0916. The largest absolute Gasteiger partial charge is 0.364 e. The van der Waals surface area contributed by atoms with Crippen LogP contribution in [0.1, 0.15) is 29.3 Å². The lowest BCUT2D eigenvalue weighted by molar-refractivity contribution is 0.0471. The van der Waals surface area contributed by atoms with Gasteiger partial charge in [-0.1, -0.05) is 12.1 Å². The Bertz CT molecular complexity index is 551. The number of piperazine rings is 1. The van der Waals surface area contributed by atoms with Crippen molar-refractivity contribution in [2.24, 2.45) is 0 Å². The number of carbonyl (C=O) groups excluding carboxylic acids is 1. The summed E-state index contributed by atoms with van der Waals surface area (Å²) in [5.74, 6) is 0.801. The number of nitrogens with one attached hydrogen (secondary N) is 1. The molecule has 2 aromatic rings. The molecule has 0 aromatic carbocycles. The van der Waals surface area contributed by atoms with Gasteiger partial charge in [-0.2, -0.15) is 0 Å². The van der Waals surface area contributed by atoms with Crippen LogP contribution in [-0.2, 0) is 0 Å². The minimum atomic E-state index is -0.0916. The Labute approximate surface area is 116 Å². The molecule has 7 nitrogen and oxygen atoms in total. The van der Waals surface area contributed by atoms with Crippen LogP contribution >= 0.6 is 0 Å². The van der Waals surface area contributed by atoms with E-state index in [4.69, 9.17) is 4.52 Å². The highest BCUT2D eigenvalue weighted by Gasteiger charge is 2.32. The monoisotopic (exact) mass is 275 g/mol. The fourth-order valence-corrected chi connectivity index (χ4v) is 2.59. The number of H-pyrrole nitrogens is 1. The number of hydrogen-bond acceptors (Lipinski definition) is 5. The van der Waals surface area contributed by atoms with Crippen molar-refractivity contribution in [1.82, 2.24) is 24.9 Å². The first-order valence-electron chi connectivity index (χ1n) is 6.72. The quantitative estimate of drug-likeness (QED) is 0.901. The van der Waals surface area contributed by atoms with Gasteiger partial charge in [-0.15, -0.1) is 0 Å². The van der Waals surface area contributed by atoms with Gasteiger partial charge in [0.15, 0.2) is 5.69 Å². The molecule has 1 fully saturated rings. The summed E-state index contributed by atoms with van der Waals surface area (Å²) in [6.07, 6.45) is 4.96. The third kappa shape index (κ3) is 2.32. The fraction of sp³-hybridized carbons (Fsp3) is 0.462. The molecule has 0 saturated carbocycles. The molecule has 0 bridgehead atoms. The molecule has 0 aliphatic carbocycles. The van der Waals surface area contributed by atoms with Crippen molar-refractivity contribution >= 4 is 5.91 Å². The summed E-state index contributed by atoms with van der Waals surface area (Å²) >= 11 is 0. The van der Waals surface area contributed by atoms with Crippen LogP contribution in [0.2, 0.25) is 0 Å². The van der Waals surface area contributed by atoms with Crippen LogP contribution in [0.25, 0.3) is 0 Å². The number of aromatic amines is 1. The highest BCUT2D eigenvalue weighted by molar-refractivity contribution is 5.92. The Kier molecular flexibility index (Phi) is 3.51. The van der Waals surface area contributed by atoms with Gasteiger partial charge in [-0.3, -0.25) is 9.69 Å². The Morgan fingerprint density at radius 1 is 1.55 bits per heavy atom. The van der Waals surface area contributed by atoms with Gasteiger partial charge in [0.2, 0.25) is 0 Å². The summed E-state index contributed by atoms with van der Waals surface area (Å²) in [5, 5.41) is 3.72. The summed E-state index contributed by atoms with van der Waals surface area (Å²) in [6.45, 7) is 5.16.